The molecule has 0 saturated heterocycles. The lowest BCUT2D eigenvalue weighted by Gasteiger charge is -2.16. The molecule has 3 rings (SSSR count). The number of nitrogens with zero attached hydrogens (tertiary/aromatic N) is 1. The zero-order chi connectivity index (χ0) is 17.7. The quantitative estimate of drug-likeness (QED) is 0.850. The van der Waals surface area contributed by atoms with Crippen LogP contribution in [0.1, 0.15) is 48.9 Å². The maximum atomic E-state index is 12.5. The fourth-order valence-electron chi connectivity index (χ4n) is 3.09. The lowest BCUT2D eigenvalue weighted by atomic mass is 10.1. The molecule has 1 aliphatic carbocycles. The van der Waals surface area contributed by atoms with Crippen LogP contribution in [-0.2, 0) is 9.84 Å². The van der Waals surface area contributed by atoms with Crippen LogP contribution in [0.3, 0.4) is 0 Å². The molecule has 1 saturated carbocycles. The highest BCUT2D eigenvalue weighted by atomic mass is 32.2. The van der Waals surface area contributed by atoms with Gasteiger partial charge in [-0.25, -0.2) is 13.4 Å². The van der Waals surface area contributed by atoms with Gasteiger partial charge in [-0.1, -0.05) is 43.9 Å². The van der Waals surface area contributed by atoms with E-state index in [1.54, 1.807) is 18.2 Å². The zero-order valence-corrected chi connectivity index (χ0v) is 14.8. The van der Waals surface area contributed by atoms with Crippen molar-refractivity contribution in [3.05, 3.63) is 54.2 Å². The number of hydrogen-bond acceptors (Lipinski definition) is 4. The lowest BCUT2D eigenvalue weighted by molar-refractivity contribution is 0.0933. The summed E-state index contributed by atoms with van der Waals surface area (Å²) in [6.45, 7) is 0. The van der Waals surface area contributed by atoms with Crippen molar-refractivity contribution in [3.63, 3.8) is 0 Å². The number of rotatable bonds is 4. The maximum absolute atomic E-state index is 12.5. The van der Waals surface area contributed by atoms with E-state index in [9.17, 15) is 13.2 Å². The summed E-state index contributed by atoms with van der Waals surface area (Å²) in [6.07, 6.45) is 8.05. The summed E-state index contributed by atoms with van der Waals surface area (Å²) in [5.74, 6) is -0.192. The topological polar surface area (TPSA) is 76.1 Å². The van der Waals surface area contributed by atoms with E-state index in [-0.39, 0.29) is 21.9 Å². The van der Waals surface area contributed by atoms with E-state index in [1.165, 1.54) is 43.3 Å². The van der Waals surface area contributed by atoms with Crippen LogP contribution in [0.15, 0.2) is 58.6 Å². The van der Waals surface area contributed by atoms with Crippen LogP contribution in [0, 0.1) is 0 Å². The highest BCUT2D eigenvalue weighted by Gasteiger charge is 2.20. The molecule has 1 heterocycles. The maximum Gasteiger partial charge on any atom is 0.253 e. The van der Waals surface area contributed by atoms with E-state index in [0.717, 1.165) is 25.7 Å². The molecule has 0 spiro atoms. The molecule has 1 aliphatic rings. The number of hydrogen-bond donors (Lipinski definition) is 1. The van der Waals surface area contributed by atoms with Crippen LogP contribution >= 0.6 is 0 Å². The molecule has 6 heteroatoms. The van der Waals surface area contributed by atoms with Gasteiger partial charge in [-0.3, -0.25) is 4.79 Å². The minimum Gasteiger partial charge on any atom is -0.349 e. The van der Waals surface area contributed by atoms with E-state index in [2.05, 4.69) is 10.3 Å². The van der Waals surface area contributed by atoms with E-state index in [4.69, 9.17) is 0 Å². The van der Waals surface area contributed by atoms with Gasteiger partial charge in [-0.05, 0) is 37.1 Å². The van der Waals surface area contributed by atoms with Gasteiger partial charge in [0.2, 0.25) is 9.84 Å². The molecule has 0 radical (unpaired) electrons. The van der Waals surface area contributed by atoms with Gasteiger partial charge < -0.3 is 5.32 Å². The Morgan fingerprint density at radius 3 is 2.24 bits per heavy atom. The second kappa shape index (κ2) is 7.78. The summed E-state index contributed by atoms with van der Waals surface area (Å²) in [6, 6.07) is 11.3. The second-order valence-electron chi connectivity index (χ2n) is 6.36. The highest BCUT2D eigenvalue weighted by Crippen LogP contribution is 2.20. The number of aromatic nitrogens is 1. The van der Waals surface area contributed by atoms with Gasteiger partial charge in [0.05, 0.1) is 10.5 Å². The summed E-state index contributed by atoms with van der Waals surface area (Å²) >= 11 is 0. The van der Waals surface area contributed by atoms with Crippen LogP contribution in [-0.4, -0.2) is 25.4 Å². The predicted molar refractivity (Wildman–Crippen MR) is 95.1 cm³/mol. The van der Waals surface area contributed by atoms with Crippen molar-refractivity contribution in [1.82, 2.24) is 10.3 Å². The van der Waals surface area contributed by atoms with Crippen LogP contribution in [0.2, 0.25) is 0 Å². The number of carbonyl (C=O) groups is 1. The minimum atomic E-state index is -3.66. The molecule has 1 N–H and O–H groups in total. The Hall–Kier alpha value is -2.21. The highest BCUT2D eigenvalue weighted by molar-refractivity contribution is 7.91. The predicted octanol–water partition coefficient (Wildman–Crippen LogP) is 3.37. The largest absolute Gasteiger partial charge is 0.349 e. The first-order valence-corrected chi connectivity index (χ1v) is 10.1. The Morgan fingerprint density at radius 1 is 0.960 bits per heavy atom. The van der Waals surface area contributed by atoms with Crippen molar-refractivity contribution in [1.29, 1.82) is 0 Å². The first-order valence-electron chi connectivity index (χ1n) is 8.64. The fraction of sp³-hybridized carbons (Fsp3) is 0.368. The number of sulfone groups is 1. The average molecular weight is 358 g/mol. The molecule has 5 nitrogen and oxygen atoms in total. The van der Waals surface area contributed by atoms with Gasteiger partial charge in [0.25, 0.3) is 5.91 Å². The average Bonchev–Trinajstić information content (AvgIpc) is 2.91. The molecule has 1 aromatic heterocycles. The molecule has 0 atom stereocenters. The third kappa shape index (κ3) is 4.25. The molecular formula is C19H22N2O3S. The Labute approximate surface area is 148 Å². The summed E-state index contributed by atoms with van der Waals surface area (Å²) < 4.78 is 25.0. The van der Waals surface area contributed by atoms with Crippen LogP contribution in [0.4, 0.5) is 0 Å². The molecule has 132 valence electrons. The third-order valence-corrected chi connectivity index (χ3v) is 6.20. The van der Waals surface area contributed by atoms with Crippen molar-refractivity contribution >= 4 is 15.7 Å². The SMILES string of the molecule is O=C(NC1CCCCCC1)c1ccc(S(=O)(=O)c2ccccc2)nc1. The Bertz CT molecular complexity index is 810. The van der Waals surface area contributed by atoms with Gasteiger partial charge >= 0.3 is 0 Å². The molecule has 0 bridgehead atoms. The summed E-state index contributed by atoms with van der Waals surface area (Å²) in [5, 5.41) is 2.99. The second-order valence-corrected chi connectivity index (χ2v) is 8.26. The van der Waals surface area contributed by atoms with Crippen LogP contribution < -0.4 is 5.32 Å². The molecule has 1 amide bonds. The van der Waals surface area contributed by atoms with Gasteiger partial charge in [-0.2, -0.15) is 0 Å². The molecule has 0 unspecified atom stereocenters. The molecule has 2 aromatic rings. The summed E-state index contributed by atoms with van der Waals surface area (Å²) in [7, 11) is -3.66. The van der Waals surface area contributed by atoms with Crippen LogP contribution in [0.5, 0.6) is 0 Å². The Balaban J connectivity index is 1.72. The molecule has 1 aromatic carbocycles. The first-order chi connectivity index (χ1) is 12.1. The van der Waals surface area contributed by atoms with Gasteiger partial charge in [-0.15, -0.1) is 0 Å². The van der Waals surface area contributed by atoms with E-state index in [0.29, 0.717) is 5.56 Å². The van der Waals surface area contributed by atoms with E-state index < -0.39 is 9.84 Å². The third-order valence-electron chi connectivity index (χ3n) is 4.52. The first kappa shape index (κ1) is 17.6. The Kier molecular flexibility index (Phi) is 5.48. The van der Waals surface area contributed by atoms with Gasteiger partial charge in [0, 0.05) is 12.2 Å². The van der Waals surface area contributed by atoms with Crippen molar-refractivity contribution in [2.75, 3.05) is 0 Å². The number of amides is 1. The van der Waals surface area contributed by atoms with Crippen molar-refractivity contribution in [2.24, 2.45) is 0 Å². The van der Waals surface area contributed by atoms with Crippen molar-refractivity contribution in [2.45, 2.75) is 54.5 Å². The minimum absolute atomic E-state index is 0.0512. The monoisotopic (exact) mass is 358 g/mol. The van der Waals surface area contributed by atoms with Crippen molar-refractivity contribution < 1.29 is 13.2 Å². The number of nitrogens with one attached hydrogen (secondary N) is 1. The number of carbonyl (C=O) groups excluding carboxylic acids is 1. The number of pyridine rings is 1. The fourth-order valence-corrected chi connectivity index (χ4v) is 4.28. The smallest absolute Gasteiger partial charge is 0.253 e. The zero-order valence-electron chi connectivity index (χ0n) is 14.0. The molecule has 1 fully saturated rings. The molecule has 0 aliphatic heterocycles. The Morgan fingerprint density at radius 2 is 1.64 bits per heavy atom. The number of benzene rings is 1. The molecular weight excluding hydrogens is 336 g/mol. The normalized spacial score (nSPS) is 16.2. The van der Waals surface area contributed by atoms with E-state index in [1.807, 2.05) is 0 Å². The lowest BCUT2D eigenvalue weighted by Crippen LogP contribution is -2.34. The summed E-state index contributed by atoms with van der Waals surface area (Å²) in [5.41, 5.74) is 0.385. The van der Waals surface area contributed by atoms with Crippen molar-refractivity contribution in [3.8, 4) is 0 Å². The molecule has 25 heavy (non-hydrogen) atoms. The van der Waals surface area contributed by atoms with E-state index >= 15 is 0 Å². The van der Waals surface area contributed by atoms with Crippen LogP contribution in [0.25, 0.3) is 0 Å². The van der Waals surface area contributed by atoms with Gasteiger partial charge in [0.1, 0.15) is 0 Å². The standard InChI is InChI=1S/C19H22N2O3S/c22-19(21-16-8-4-1-2-5-9-16)15-12-13-18(20-14-15)25(23,24)17-10-6-3-7-11-17/h3,6-7,10-14,16H,1-2,4-5,8-9H2,(H,21,22). The van der Waals surface area contributed by atoms with Gasteiger partial charge in [0.15, 0.2) is 5.03 Å². The summed E-state index contributed by atoms with van der Waals surface area (Å²) in [4.78, 5) is 16.6.